The SMILES string of the molecule is COC1=CC(C(c2ccccc2)(c2ccccc2C)n2nc3ccccc3n2)C=C/C1=[N+](/[O-])O. The molecule has 4 aromatic rings. The van der Waals surface area contributed by atoms with Crippen molar-refractivity contribution in [3.05, 3.63) is 125 Å². The molecule has 1 aliphatic carbocycles. The van der Waals surface area contributed by atoms with E-state index in [9.17, 15) is 10.4 Å². The van der Waals surface area contributed by atoms with Gasteiger partial charge in [-0.3, -0.25) is 5.21 Å². The molecule has 1 aromatic heterocycles. The van der Waals surface area contributed by atoms with E-state index >= 15 is 0 Å². The molecule has 1 N–H and O–H groups in total. The van der Waals surface area contributed by atoms with Gasteiger partial charge in [-0.05, 0) is 41.8 Å². The molecular weight excluding hydrogens is 428 g/mol. The van der Waals surface area contributed by atoms with Crippen LogP contribution in [0.2, 0.25) is 0 Å². The minimum absolute atomic E-state index is 0.0316. The Balaban J connectivity index is 1.89. The number of hydrogen-bond acceptors (Lipinski definition) is 5. The zero-order valence-electron chi connectivity index (χ0n) is 18.9. The Morgan fingerprint density at radius 2 is 1.56 bits per heavy atom. The van der Waals surface area contributed by atoms with Crippen LogP contribution in [0.15, 0.2) is 103 Å². The standard InChI is InChI=1S/C27H24N4O3/c1-19-10-6-7-13-22(19)27(20-11-4-3-5-12-20,31-28-23-14-8-9-15-24(23)29-31)21-16-17-25(30(32)33)26(18-21)34-2/h3-18,21H,1-2H3,(H,32,33). The van der Waals surface area contributed by atoms with Crippen LogP contribution in [0.4, 0.5) is 0 Å². The van der Waals surface area contributed by atoms with E-state index < -0.39 is 5.54 Å². The van der Waals surface area contributed by atoms with E-state index in [0.717, 1.165) is 27.7 Å². The molecule has 0 aliphatic heterocycles. The quantitative estimate of drug-likeness (QED) is 0.272. The monoisotopic (exact) mass is 452 g/mol. The van der Waals surface area contributed by atoms with E-state index in [-0.39, 0.29) is 22.3 Å². The van der Waals surface area contributed by atoms with Gasteiger partial charge in [0.1, 0.15) is 16.6 Å². The van der Waals surface area contributed by atoms with Crippen LogP contribution in [-0.4, -0.2) is 37.9 Å². The van der Waals surface area contributed by atoms with Gasteiger partial charge >= 0.3 is 5.71 Å². The third kappa shape index (κ3) is 3.33. The molecular formula is C27H24N4O3. The van der Waals surface area contributed by atoms with E-state index in [1.165, 1.54) is 7.11 Å². The molecule has 0 fully saturated rings. The van der Waals surface area contributed by atoms with Crippen molar-refractivity contribution in [1.29, 1.82) is 0 Å². The Morgan fingerprint density at radius 1 is 0.941 bits per heavy atom. The summed E-state index contributed by atoms with van der Waals surface area (Å²) in [5.74, 6) is -0.0768. The Hall–Kier alpha value is -4.39. The highest BCUT2D eigenvalue weighted by Crippen LogP contribution is 2.44. The molecule has 1 aliphatic rings. The number of ether oxygens (including phenoxy) is 1. The minimum Gasteiger partial charge on any atom is -0.490 e. The number of nitrogens with zero attached hydrogens (tertiary/aromatic N) is 4. The summed E-state index contributed by atoms with van der Waals surface area (Å²) in [4.78, 5) is 1.59. The first-order valence-corrected chi connectivity index (χ1v) is 11.0. The van der Waals surface area contributed by atoms with Crippen LogP contribution in [0.25, 0.3) is 11.0 Å². The predicted molar refractivity (Wildman–Crippen MR) is 129 cm³/mol. The van der Waals surface area contributed by atoms with Crippen LogP contribution < -0.4 is 0 Å². The molecule has 0 saturated heterocycles. The molecule has 5 rings (SSSR count). The lowest BCUT2D eigenvalue weighted by Gasteiger charge is -2.40. The first-order chi connectivity index (χ1) is 16.6. The molecule has 3 aromatic carbocycles. The van der Waals surface area contributed by atoms with Crippen LogP contribution in [0, 0.1) is 18.0 Å². The molecule has 0 spiro atoms. The third-order valence-electron chi connectivity index (χ3n) is 6.32. The van der Waals surface area contributed by atoms with Crippen LogP contribution in [0.1, 0.15) is 16.7 Å². The van der Waals surface area contributed by atoms with E-state index in [1.54, 1.807) is 10.9 Å². The van der Waals surface area contributed by atoms with E-state index in [0.29, 0.717) is 0 Å². The Bertz CT molecular complexity index is 1400. The van der Waals surface area contributed by atoms with Crippen LogP contribution in [-0.2, 0) is 10.3 Å². The van der Waals surface area contributed by atoms with Crippen LogP contribution >= 0.6 is 0 Å². The summed E-state index contributed by atoms with van der Waals surface area (Å²) in [6.07, 6.45) is 5.30. The number of aryl methyl sites for hydroxylation is 1. The zero-order valence-corrected chi connectivity index (χ0v) is 18.9. The van der Waals surface area contributed by atoms with Gasteiger partial charge in [-0.25, -0.2) is 0 Å². The molecule has 2 atom stereocenters. The molecule has 34 heavy (non-hydrogen) atoms. The van der Waals surface area contributed by atoms with Crippen molar-refractivity contribution >= 4 is 16.7 Å². The topological polar surface area (TPSA) is 86.2 Å². The lowest BCUT2D eigenvalue weighted by atomic mass is 9.70. The lowest BCUT2D eigenvalue weighted by molar-refractivity contribution is -0.725. The van der Waals surface area contributed by atoms with Crippen molar-refractivity contribution in [2.75, 3.05) is 7.11 Å². The number of hydrogen-bond donors (Lipinski definition) is 1. The second-order valence-corrected chi connectivity index (χ2v) is 8.20. The Labute approximate surface area is 197 Å². The van der Waals surface area contributed by atoms with Gasteiger partial charge in [-0.15, -0.1) is 0 Å². The third-order valence-corrected chi connectivity index (χ3v) is 6.32. The smallest absolute Gasteiger partial charge is 0.308 e. The van der Waals surface area contributed by atoms with Gasteiger partial charge in [0.15, 0.2) is 5.76 Å². The maximum Gasteiger partial charge on any atom is 0.308 e. The van der Waals surface area contributed by atoms with Gasteiger partial charge in [0.05, 0.1) is 7.11 Å². The maximum absolute atomic E-state index is 11.7. The van der Waals surface area contributed by atoms with Gasteiger partial charge in [-0.2, -0.15) is 15.0 Å². The van der Waals surface area contributed by atoms with E-state index in [4.69, 9.17) is 14.9 Å². The molecule has 1 heterocycles. The van der Waals surface area contributed by atoms with Gasteiger partial charge < -0.3 is 9.94 Å². The van der Waals surface area contributed by atoms with Crippen molar-refractivity contribution in [2.24, 2.45) is 5.92 Å². The second kappa shape index (κ2) is 8.51. The van der Waals surface area contributed by atoms with Gasteiger partial charge in [-0.1, -0.05) is 72.8 Å². The normalized spacial score (nSPS) is 18.9. The van der Waals surface area contributed by atoms with Crippen molar-refractivity contribution in [3.63, 3.8) is 0 Å². The van der Waals surface area contributed by atoms with Crippen molar-refractivity contribution in [2.45, 2.75) is 12.5 Å². The van der Waals surface area contributed by atoms with Crippen molar-refractivity contribution in [3.8, 4) is 0 Å². The lowest BCUT2D eigenvalue weighted by Crippen LogP contribution is -2.45. The Morgan fingerprint density at radius 3 is 2.18 bits per heavy atom. The van der Waals surface area contributed by atoms with Crippen LogP contribution in [0.5, 0.6) is 0 Å². The predicted octanol–water partition coefficient (Wildman–Crippen LogP) is 4.59. The van der Waals surface area contributed by atoms with Crippen molar-refractivity contribution < 1.29 is 14.8 Å². The molecule has 0 saturated carbocycles. The van der Waals surface area contributed by atoms with Gasteiger partial charge in [0.25, 0.3) is 0 Å². The number of fused-ring (bicyclic) bond motifs is 1. The minimum atomic E-state index is -0.902. The van der Waals surface area contributed by atoms with E-state index in [1.807, 2.05) is 66.7 Å². The summed E-state index contributed by atoms with van der Waals surface area (Å²) < 4.78 is 5.51. The molecule has 0 radical (unpaired) electrons. The summed E-state index contributed by atoms with van der Waals surface area (Å²) in [5.41, 5.74) is 3.73. The molecule has 170 valence electrons. The van der Waals surface area contributed by atoms with Gasteiger partial charge in [0, 0.05) is 16.9 Å². The summed E-state index contributed by atoms with van der Waals surface area (Å²) in [7, 11) is 1.48. The van der Waals surface area contributed by atoms with Crippen LogP contribution in [0.3, 0.4) is 0 Å². The fourth-order valence-electron chi connectivity index (χ4n) is 4.77. The largest absolute Gasteiger partial charge is 0.490 e. The summed E-state index contributed by atoms with van der Waals surface area (Å²) in [6, 6.07) is 26.0. The first-order valence-electron chi connectivity index (χ1n) is 11.0. The number of benzene rings is 3. The Kier molecular flexibility index (Phi) is 5.37. The summed E-state index contributed by atoms with van der Waals surface area (Å²) >= 11 is 0. The number of aromatic nitrogens is 3. The highest BCUT2D eigenvalue weighted by molar-refractivity contribution is 6.04. The fraction of sp³-hybridized carbons (Fsp3) is 0.148. The number of methoxy groups -OCH3 is 1. The highest BCUT2D eigenvalue weighted by Gasteiger charge is 2.47. The molecule has 0 amide bonds. The first kappa shape index (κ1) is 21.5. The molecule has 7 heteroatoms. The average Bonchev–Trinajstić information content (AvgIpc) is 3.30. The zero-order chi connectivity index (χ0) is 23.7. The second-order valence-electron chi connectivity index (χ2n) is 8.20. The number of rotatable bonds is 5. The highest BCUT2D eigenvalue weighted by atomic mass is 16.8. The molecule has 7 nitrogen and oxygen atoms in total. The fourth-order valence-corrected chi connectivity index (χ4v) is 4.77. The average molecular weight is 453 g/mol. The number of allylic oxidation sites excluding steroid dienone is 3. The summed E-state index contributed by atoms with van der Waals surface area (Å²) in [5, 5.41) is 31.2. The molecule has 2 unspecified atom stereocenters. The molecule has 0 bridgehead atoms. The summed E-state index contributed by atoms with van der Waals surface area (Å²) in [6.45, 7) is 2.06. The maximum atomic E-state index is 11.7. The van der Waals surface area contributed by atoms with E-state index in [2.05, 4.69) is 31.2 Å². The van der Waals surface area contributed by atoms with Gasteiger partial charge in [0.2, 0.25) is 0 Å². The van der Waals surface area contributed by atoms with Crippen molar-refractivity contribution in [1.82, 2.24) is 15.0 Å².